The molecule has 72 valence electrons. The van der Waals surface area contributed by atoms with E-state index in [2.05, 4.69) is 0 Å². The van der Waals surface area contributed by atoms with Crippen molar-refractivity contribution in [3.63, 3.8) is 0 Å². The summed E-state index contributed by atoms with van der Waals surface area (Å²) in [5.41, 5.74) is 0. The molecule has 0 radical (unpaired) electrons. The third kappa shape index (κ3) is 2.59. The van der Waals surface area contributed by atoms with Crippen LogP contribution in [0.5, 0.6) is 0 Å². The fourth-order valence-corrected chi connectivity index (χ4v) is 3.13. The molecular weight excluding hydrogens is 192 g/mol. The van der Waals surface area contributed by atoms with Crippen molar-refractivity contribution in [2.75, 3.05) is 0 Å². The average Bonchev–Trinajstić information content (AvgIpc) is 2.14. The molecule has 0 rings (SSSR count). The Balaban J connectivity index is 4.52. The van der Waals surface area contributed by atoms with Crippen LogP contribution in [0.1, 0.15) is 40.5 Å². The lowest BCUT2D eigenvalue weighted by Gasteiger charge is -2.13. The first kappa shape index (κ1) is 12.2. The van der Waals surface area contributed by atoms with Crippen LogP contribution in [0.3, 0.4) is 0 Å². The maximum Gasteiger partial charge on any atom is 0.479 e. The third-order valence-corrected chi connectivity index (χ3v) is 5.73. The van der Waals surface area contributed by atoms with Gasteiger partial charge in [0.2, 0.25) is 0 Å². The molecule has 3 atom stereocenters. The Bertz CT molecular complexity index is 182. The van der Waals surface area contributed by atoms with Gasteiger partial charge in [-0.2, -0.15) is 0 Å². The van der Waals surface area contributed by atoms with Gasteiger partial charge in [0, 0.05) is 22.8 Å². The Morgan fingerprint density at radius 3 is 2.25 bits per heavy atom. The third-order valence-electron chi connectivity index (χ3n) is 2.18. The van der Waals surface area contributed by atoms with Crippen LogP contribution in [0.15, 0.2) is 0 Å². The molecule has 3 unspecified atom stereocenters. The van der Waals surface area contributed by atoms with E-state index in [1.165, 1.54) is 0 Å². The molecule has 0 spiro atoms. The number of rotatable bonds is 5. The molecule has 0 fully saturated rings. The molecule has 0 heterocycles. The van der Waals surface area contributed by atoms with Gasteiger partial charge in [-0.1, -0.05) is 20.8 Å². The number of hydrogen-bond donors (Lipinski definition) is 0. The minimum Gasteiger partial charge on any atom is -0.253 e. The van der Waals surface area contributed by atoms with E-state index in [1.54, 1.807) is 6.92 Å². The van der Waals surface area contributed by atoms with Gasteiger partial charge in [-0.25, -0.2) is 0 Å². The summed E-state index contributed by atoms with van der Waals surface area (Å²) < 4.78 is 21.9. The minimum atomic E-state index is -1.02. The van der Waals surface area contributed by atoms with E-state index >= 15 is 0 Å². The monoisotopic (exact) mass is 209 g/mol. The largest absolute Gasteiger partial charge is 0.479 e. The zero-order valence-corrected chi connectivity index (χ0v) is 9.76. The molecular formula is C8H17O2S2+. The molecule has 0 aromatic rings. The van der Waals surface area contributed by atoms with E-state index < -0.39 is 14.9 Å². The van der Waals surface area contributed by atoms with E-state index in [9.17, 15) is 8.42 Å². The molecule has 0 aromatic heterocycles. The molecule has 0 aliphatic rings. The van der Waals surface area contributed by atoms with Crippen LogP contribution in [-0.4, -0.2) is 13.5 Å². The first-order valence-corrected chi connectivity index (χ1v) is 6.19. The second-order valence-electron chi connectivity index (χ2n) is 3.09. The topological polar surface area (TPSA) is 34.1 Å². The predicted octanol–water partition coefficient (Wildman–Crippen LogP) is 2.09. The maximum atomic E-state index is 11.7. The molecule has 0 aliphatic carbocycles. The lowest BCUT2D eigenvalue weighted by Crippen LogP contribution is -2.34. The van der Waals surface area contributed by atoms with E-state index in [0.29, 0.717) is 18.1 Å². The van der Waals surface area contributed by atoms with Crippen molar-refractivity contribution >= 4 is 22.5 Å². The average molecular weight is 209 g/mol. The van der Waals surface area contributed by atoms with Gasteiger partial charge >= 0.3 is 15.7 Å². The van der Waals surface area contributed by atoms with Crippen molar-refractivity contribution in [3.05, 3.63) is 0 Å². The first-order valence-electron chi connectivity index (χ1n) is 4.23. The van der Waals surface area contributed by atoms with Crippen molar-refractivity contribution in [2.45, 2.75) is 49.9 Å². The Hall–Kier alpha value is 0.170. The van der Waals surface area contributed by atoms with Crippen LogP contribution in [-0.2, 0) is 26.7 Å². The van der Waals surface area contributed by atoms with Gasteiger partial charge in [-0.05, 0) is 6.42 Å². The lowest BCUT2D eigenvalue weighted by atomic mass is 10.3. The van der Waals surface area contributed by atoms with Gasteiger partial charge in [0.05, 0.1) is 10.8 Å². The highest BCUT2D eigenvalue weighted by atomic mass is 32.2. The van der Waals surface area contributed by atoms with E-state index in [0.717, 1.165) is 6.42 Å². The summed E-state index contributed by atoms with van der Waals surface area (Å²) in [6.45, 7) is 7.62. The molecule has 0 aromatic carbocycles. The molecule has 0 saturated carbocycles. The van der Waals surface area contributed by atoms with Crippen LogP contribution in [0.4, 0.5) is 0 Å². The predicted molar refractivity (Wildman–Crippen MR) is 54.6 cm³/mol. The van der Waals surface area contributed by atoms with Crippen LogP contribution < -0.4 is 0 Å². The van der Waals surface area contributed by atoms with Gasteiger partial charge in [0.1, 0.15) is 0 Å². The molecule has 4 heteroatoms. The van der Waals surface area contributed by atoms with E-state index in [-0.39, 0.29) is 5.25 Å². The van der Waals surface area contributed by atoms with E-state index in [1.807, 2.05) is 20.8 Å². The number of hydrogen-bond acceptors (Lipinski definition) is 2. The fraction of sp³-hybridized carbons (Fsp3) is 1.00. The molecule has 12 heavy (non-hydrogen) atoms. The summed E-state index contributed by atoms with van der Waals surface area (Å²) in [5, 5.41) is 0.122. The Morgan fingerprint density at radius 1 is 1.50 bits per heavy atom. The Labute approximate surface area is 81.1 Å². The minimum absolute atomic E-state index is 0.122. The second kappa shape index (κ2) is 5.02. The van der Waals surface area contributed by atoms with Crippen LogP contribution in [0, 0.1) is 0 Å². The van der Waals surface area contributed by atoms with Crippen molar-refractivity contribution in [1.82, 2.24) is 0 Å². The summed E-state index contributed by atoms with van der Waals surface area (Å²) in [7, 11) is -1.02. The summed E-state index contributed by atoms with van der Waals surface area (Å²) in [4.78, 5) is 0. The highest BCUT2D eigenvalue weighted by Gasteiger charge is 2.45. The standard InChI is InChI=1S/C8H17O2S2/c1-5-7(3)12(10)8(4,6-2)11-9/h7H,5-6H2,1-4H3/q+1. The van der Waals surface area contributed by atoms with Gasteiger partial charge in [-0.3, -0.25) is 4.21 Å². The molecule has 2 nitrogen and oxygen atoms in total. The van der Waals surface area contributed by atoms with Gasteiger partial charge < -0.3 is 0 Å². The van der Waals surface area contributed by atoms with Gasteiger partial charge in [0.25, 0.3) is 0 Å². The van der Waals surface area contributed by atoms with Crippen molar-refractivity contribution in [2.24, 2.45) is 0 Å². The molecule has 0 aliphatic heterocycles. The molecule has 0 saturated heterocycles. The van der Waals surface area contributed by atoms with Gasteiger partial charge in [0.15, 0.2) is 0 Å². The Kier molecular flexibility index (Phi) is 5.09. The maximum absolute atomic E-state index is 11.7. The summed E-state index contributed by atoms with van der Waals surface area (Å²) in [6.07, 6.45) is 1.53. The van der Waals surface area contributed by atoms with Crippen LogP contribution in [0.2, 0.25) is 0 Å². The summed E-state index contributed by atoms with van der Waals surface area (Å²) in [5.74, 6) is 0. The zero-order chi connectivity index (χ0) is 9.78. The van der Waals surface area contributed by atoms with E-state index in [4.69, 9.17) is 0 Å². The van der Waals surface area contributed by atoms with Gasteiger partial charge in [-0.15, -0.1) is 0 Å². The highest BCUT2D eigenvalue weighted by molar-refractivity contribution is 7.97. The SMILES string of the molecule is CCC(C)S(=O)C(C)(CC)[S+]=O. The summed E-state index contributed by atoms with van der Waals surface area (Å²) in [6, 6.07) is 0. The molecule has 0 amide bonds. The Morgan fingerprint density at radius 2 is 2.00 bits per heavy atom. The quantitative estimate of drug-likeness (QED) is 0.650. The lowest BCUT2D eigenvalue weighted by molar-refractivity contribution is 0.588. The second-order valence-corrected chi connectivity index (χ2v) is 6.71. The molecule has 0 bridgehead atoms. The zero-order valence-electron chi connectivity index (χ0n) is 8.12. The first-order chi connectivity index (χ1) is 5.51. The summed E-state index contributed by atoms with van der Waals surface area (Å²) >= 11 is 0.474. The van der Waals surface area contributed by atoms with Crippen molar-refractivity contribution < 1.29 is 8.42 Å². The fourth-order valence-electron chi connectivity index (χ4n) is 0.812. The normalized spacial score (nSPS) is 21.0. The van der Waals surface area contributed by atoms with Crippen LogP contribution in [0.25, 0.3) is 0 Å². The smallest absolute Gasteiger partial charge is 0.253 e. The molecule has 0 N–H and O–H groups in total. The van der Waals surface area contributed by atoms with Crippen LogP contribution >= 0.6 is 0 Å². The van der Waals surface area contributed by atoms with Crippen molar-refractivity contribution in [1.29, 1.82) is 0 Å². The highest BCUT2D eigenvalue weighted by Crippen LogP contribution is 2.22. The van der Waals surface area contributed by atoms with Crippen molar-refractivity contribution in [3.8, 4) is 0 Å².